The molecule has 0 unspecified atom stereocenters. The standard InChI is InChI=1S/C17H24N2O3/c1-22-15-6-7-16-13(10-15)4-2-9-19(16)17(21)11-18-8-3-5-14(18)12-20/h6-7,10,14,20H,2-5,8-9,11-12H2,1H3/t14-/m0/s1. The molecule has 1 fully saturated rings. The van der Waals surface area contributed by atoms with Gasteiger partial charge < -0.3 is 14.7 Å². The van der Waals surface area contributed by atoms with E-state index in [-0.39, 0.29) is 18.6 Å². The van der Waals surface area contributed by atoms with Crippen molar-refractivity contribution in [3.05, 3.63) is 23.8 Å². The zero-order chi connectivity index (χ0) is 15.5. The van der Waals surface area contributed by atoms with Gasteiger partial charge in [-0.2, -0.15) is 0 Å². The Morgan fingerprint density at radius 2 is 2.23 bits per heavy atom. The summed E-state index contributed by atoms with van der Waals surface area (Å²) in [4.78, 5) is 16.7. The molecular weight excluding hydrogens is 280 g/mol. The van der Waals surface area contributed by atoms with E-state index in [1.54, 1.807) is 7.11 Å². The van der Waals surface area contributed by atoms with Gasteiger partial charge in [0.2, 0.25) is 5.91 Å². The zero-order valence-corrected chi connectivity index (χ0v) is 13.1. The summed E-state index contributed by atoms with van der Waals surface area (Å²) in [5.74, 6) is 0.972. The van der Waals surface area contributed by atoms with E-state index < -0.39 is 0 Å². The molecule has 1 aromatic rings. The van der Waals surface area contributed by atoms with Crippen LogP contribution in [0.4, 0.5) is 5.69 Å². The second-order valence-corrected chi connectivity index (χ2v) is 6.09. The molecule has 3 rings (SSSR count). The lowest BCUT2D eigenvalue weighted by atomic mass is 10.0. The predicted molar refractivity (Wildman–Crippen MR) is 85.3 cm³/mol. The van der Waals surface area contributed by atoms with E-state index in [9.17, 15) is 9.90 Å². The molecule has 2 aliphatic heterocycles. The number of fused-ring (bicyclic) bond motifs is 1. The van der Waals surface area contributed by atoms with Gasteiger partial charge in [0.25, 0.3) is 0 Å². The minimum absolute atomic E-state index is 0.131. The summed E-state index contributed by atoms with van der Waals surface area (Å²) >= 11 is 0. The molecule has 0 bridgehead atoms. The maximum absolute atomic E-state index is 12.7. The van der Waals surface area contributed by atoms with E-state index in [1.807, 2.05) is 23.1 Å². The maximum atomic E-state index is 12.7. The highest BCUT2D eigenvalue weighted by Crippen LogP contribution is 2.31. The van der Waals surface area contributed by atoms with Crippen LogP contribution < -0.4 is 9.64 Å². The lowest BCUT2D eigenvalue weighted by Crippen LogP contribution is -2.45. The van der Waals surface area contributed by atoms with Crippen molar-refractivity contribution in [2.45, 2.75) is 31.7 Å². The van der Waals surface area contributed by atoms with Crippen molar-refractivity contribution >= 4 is 11.6 Å². The van der Waals surface area contributed by atoms with E-state index >= 15 is 0 Å². The number of aliphatic hydroxyl groups excluding tert-OH is 1. The van der Waals surface area contributed by atoms with Crippen LogP contribution >= 0.6 is 0 Å². The number of amides is 1. The zero-order valence-electron chi connectivity index (χ0n) is 13.1. The number of hydrogen-bond donors (Lipinski definition) is 1. The molecule has 1 atom stereocenters. The van der Waals surface area contributed by atoms with Crippen molar-refractivity contribution in [3.63, 3.8) is 0 Å². The SMILES string of the molecule is COc1ccc2c(c1)CCCN2C(=O)CN1CCC[C@H]1CO. The second kappa shape index (κ2) is 6.67. The molecule has 5 heteroatoms. The molecule has 1 amide bonds. The van der Waals surface area contributed by atoms with Gasteiger partial charge >= 0.3 is 0 Å². The third kappa shape index (κ3) is 2.96. The van der Waals surface area contributed by atoms with Crippen molar-refractivity contribution in [2.75, 3.05) is 38.3 Å². The highest BCUT2D eigenvalue weighted by molar-refractivity contribution is 5.96. The van der Waals surface area contributed by atoms with Gasteiger partial charge in [0, 0.05) is 18.3 Å². The first-order valence-corrected chi connectivity index (χ1v) is 8.05. The number of carbonyl (C=O) groups is 1. The van der Waals surface area contributed by atoms with Gasteiger partial charge in [-0.1, -0.05) is 0 Å². The molecule has 0 radical (unpaired) electrons. The van der Waals surface area contributed by atoms with Crippen LogP contribution in [-0.4, -0.2) is 55.3 Å². The minimum atomic E-state index is 0.131. The average Bonchev–Trinajstić information content (AvgIpc) is 3.00. The number of aliphatic hydroxyl groups is 1. The summed E-state index contributed by atoms with van der Waals surface area (Å²) in [5, 5.41) is 9.39. The van der Waals surface area contributed by atoms with Crippen LogP contribution in [0.2, 0.25) is 0 Å². The third-order valence-electron chi connectivity index (χ3n) is 4.75. The number of aryl methyl sites for hydroxylation is 1. The largest absolute Gasteiger partial charge is 0.497 e. The van der Waals surface area contributed by atoms with E-state index in [1.165, 1.54) is 5.56 Å². The van der Waals surface area contributed by atoms with E-state index in [0.29, 0.717) is 6.54 Å². The van der Waals surface area contributed by atoms with Crippen LogP contribution in [0.1, 0.15) is 24.8 Å². The lowest BCUT2D eigenvalue weighted by molar-refractivity contribution is -0.120. The fraction of sp³-hybridized carbons (Fsp3) is 0.588. The van der Waals surface area contributed by atoms with E-state index in [4.69, 9.17) is 4.74 Å². The van der Waals surface area contributed by atoms with Gasteiger partial charge in [-0.15, -0.1) is 0 Å². The van der Waals surface area contributed by atoms with Crippen LogP contribution in [0.5, 0.6) is 5.75 Å². The maximum Gasteiger partial charge on any atom is 0.241 e. The third-order valence-corrected chi connectivity index (χ3v) is 4.75. The first-order chi connectivity index (χ1) is 10.7. The summed E-state index contributed by atoms with van der Waals surface area (Å²) in [6.07, 6.45) is 4.01. The second-order valence-electron chi connectivity index (χ2n) is 6.09. The van der Waals surface area contributed by atoms with Crippen molar-refractivity contribution in [1.29, 1.82) is 0 Å². The van der Waals surface area contributed by atoms with Gasteiger partial charge in [0.05, 0.1) is 20.3 Å². The molecule has 0 aromatic heterocycles. The fourth-order valence-corrected chi connectivity index (χ4v) is 3.53. The van der Waals surface area contributed by atoms with Crippen LogP contribution in [0.25, 0.3) is 0 Å². The number of methoxy groups -OCH3 is 1. The lowest BCUT2D eigenvalue weighted by Gasteiger charge is -2.32. The quantitative estimate of drug-likeness (QED) is 0.914. The van der Waals surface area contributed by atoms with Crippen molar-refractivity contribution in [3.8, 4) is 5.75 Å². The van der Waals surface area contributed by atoms with Gasteiger partial charge in [0.15, 0.2) is 0 Å². The van der Waals surface area contributed by atoms with E-state index in [2.05, 4.69) is 4.90 Å². The Balaban J connectivity index is 1.74. The molecule has 1 N–H and O–H groups in total. The number of nitrogens with zero attached hydrogens (tertiary/aromatic N) is 2. The number of rotatable bonds is 4. The van der Waals surface area contributed by atoms with Crippen LogP contribution in [-0.2, 0) is 11.2 Å². The number of carbonyl (C=O) groups excluding carboxylic acids is 1. The number of benzene rings is 1. The molecule has 5 nitrogen and oxygen atoms in total. The minimum Gasteiger partial charge on any atom is -0.497 e. The number of anilines is 1. The summed E-state index contributed by atoms with van der Waals surface area (Å²) in [6.45, 7) is 2.22. The van der Waals surface area contributed by atoms with Gasteiger partial charge in [-0.3, -0.25) is 9.69 Å². The predicted octanol–water partition coefficient (Wildman–Crippen LogP) is 1.43. The van der Waals surface area contributed by atoms with Gasteiger partial charge in [-0.05, 0) is 56.0 Å². The summed E-state index contributed by atoms with van der Waals surface area (Å²) in [6, 6.07) is 6.07. The summed E-state index contributed by atoms with van der Waals surface area (Å²) in [7, 11) is 1.66. The highest BCUT2D eigenvalue weighted by Gasteiger charge is 2.29. The molecule has 2 aliphatic rings. The first-order valence-electron chi connectivity index (χ1n) is 8.05. The first kappa shape index (κ1) is 15.3. The van der Waals surface area contributed by atoms with Crippen LogP contribution in [0.3, 0.4) is 0 Å². The molecular formula is C17H24N2O3. The topological polar surface area (TPSA) is 53.0 Å². The molecule has 0 spiro atoms. The Kier molecular flexibility index (Phi) is 4.64. The van der Waals surface area contributed by atoms with Crippen molar-refractivity contribution < 1.29 is 14.6 Å². The number of ether oxygens (including phenoxy) is 1. The van der Waals surface area contributed by atoms with Crippen LogP contribution in [0.15, 0.2) is 18.2 Å². The van der Waals surface area contributed by atoms with Gasteiger partial charge in [0.1, 0.15) is 5.75 Å². The molecule has 120 valence electrons. The molecule has 0 saturated carbocycles. The Morgan fingerprint density at radius 1 is 1.36 bits per heavy atom. The van der Waals surface area contributed by atoms with Crippen molar-refractivity contribution in [2.24, 2.45) is 0 Å². The molecule has 1 aromatic carbocycles. The Bertz CT molecular complexity index is 547. The molecule has 0 aliphatic carbocycles. The number of likely N-dealkylation sites (tertiary alicyclic amines) is 1. The summed E-state index contributed by atoms with van der Waals surface area (Å²) in [5.41, 5.74) is 2.19. The van der Waals surface area contributed by atoms with Crippen molar-refractivity contribution in [1.82, 2.24) is 4.90 Å². The Hall–Kier alpha value is -1.59. The van der Waals surface area contributed by atoms with E-state index in [0.717, 1.165) is 50.2 Å². The van der Waals surface area contributed by atoms with Crippen LogP contribution in [0, 0.1) is 0 Å². The Morgan fingerprint density at radius 3 is 3.00 bits per heavy atom. The average molecular weight is 304 g/mol. The smallest absolute Gasteiger partial charge is 0.241 e. The normalized spacial score (nSPS) is 21.7. The number of hydrogen-bond acceptors (Lipinski definition) is 4. The highest BCUT2D eigenvalue weighted by atomic mass is 16.5. The monoisotopic (exact) mass is 304 g/mol. The Labute approximate surface area is 131 Å². The molecule has 1 saturated heterocycles. The summed E-state index contributed by atoms with van der Waals surface area (Å²) < 4.78 is 5.27. The van der Waals surface area contributed by atoms with Gasteiger partial charge in [-0.25, -0.2) is 0 Å². The molecule has 2 heterocycles. The molecule has 22 heavy (non-hydrogen) atoms. The fourth-order valence-electron chi connectivity index (χ4n) is 3.53.